The molecule has 0 saturated carbocycles. The van der Waals surface area contributed by atoms with Crippen LogP contribution in [0, 0.1) is 5.92 Å². The first kappa shape index (κ1) is 31.3. The van der Waals surface area contributed by atoms with Gasteiger partial charge in [0.05, 0.1) is 0 Å². The maximum Gasteiger partial charge on any atom is 0.261 e. The van der Waals surface area contributed by atoms with Gasteiger partial charge < -0.3 is 14.5 Å². The molecular formula is C37H45NO3Si. The predicted molar refractivity (Wildman–Crippen MR) is 176 cm³/mol. The summed E-state index contributed by atoms with van der Waals surface area (Å²) in [6.07, 6.45) is 1.58. The minimum atomic E-state index is -2.61. The SMILES string of the molecule is CC(=O)N[C@@H](Cc1ccc(OCc2ccccc2)cc1)C[C@@H](C)CO[Si](c1ccccc1)(c1ccccc1)C(C)(C)C. The van der Waals surface area contributed by atoms with Gasteiger partial charge in [-0.2, -0.15) is 0 Å². The van der Waals surface area contributed by atoms with Crippen molar-refractivity contribution in [3.8, 4) is 5.75 Å². The molecule has 4 rings (SSSR count). The largest absolute Gasteiger partial charge is 0.489 e. The Morgan fingerprint density at radius 2 is 1.29 bits per heavy atom. The van der Waals surface area contributed by atoms with E-state index in [4.69, 9.17) is 9.16 Å². The molecule has 220 valence electrons. The summed E-state index contributed by atoms with van der Waals surface area (Å²) in [5.74, 6) is 1.07. The second-order valence-electron chi connectivity index (χ2n) is 12.3. The van der Waals surface area contributed by atoms with Gasteiger partial charge in [-0.1, -0.05) is 131 Å². The number of carbonyl (C=O) groups is 1. The molecule has 4 nitrogen and oxygen atoms in total. The Balaban J connectivity index is 1.45. The number of ether oxygens (including phenoxy) is 1. The lowest BCUT2D eigenvalue weighted by Gasteiger charge is -2.43. The molecule has 0 aliphatic heterocycles. The lowest BCUT2D eigenvalue weighted by molar-refractivity contribution is -0.119. The van der Waals surface area contributed by atoms with Crippen LogP contribution in [0.2, 0.25) is 5.04 Å². The Hall–Kier alpha value is -3.67. The minimum Gasteiger partial charge on any atom is -0.489 e. The van der Waals surface area contributed by atoms with Crippen LogP contribution in [0.5, 0.6) is 5.75 Å². The third-order valence-corrected chi connectivity index (χ3v) is 12.8. The van der Waals surface area contributed by atoms with Crippen LogP contribution >= 0.6 is 0 Å². The molecule has 0 heterocycles. The molecule has 1 N–H and O–H groups in total. The van der Waals surface area contributed by atoms with E-state index < -0.39 is 8.32 Å². The molecule has 0 spiro atoms. The van der Waals surface area contributed by atoms with Crippen LogP contribution in [-0.4, -0.2) is 26.9 Å². The van der Waals surface area contributed by atoms with Gasteiger partial charge in [0.15, 0.2) is 0 Å². The zero-order chi connectivity index (χ0) is 30.0. The van der Waals surface area contributed by atoms with Gasteiger partial charge in [0.2, 0.25) is 5.91 Å². The molecule has 0 fully saturated rings. The third-order valence-electron chi connectivity index (χ3n) is 7.75. The van der Waals surface area contributed by atoms with Crippen molar-refractivity contribution in [1.29, 1.82) is 0 Å². The van der Waals surface area contributed by atoms with E-state index in [9.17, 15) is 4.79 Å². The van der Waals surface area contributed by atoms with E-state index in [1.54, 1.807) is 6.92 Å². The summed E-state index contributed by atoms with van der Waals surface area (Å²) >= 11 is 0. The Labute approximate surface area is 253 Å². The first-order valence-electron chi connectivity index (χ1n) is 14.9. The fourth-order valence-electron chi connectivity index (χ4n) is 5.81. The summed E-state index contributed by atoms with van der Waals surface area (Å²) in [7, 11) is -2.61. The third kappa shape index (κ3) is 8.21. The summed E-state index contributed by atoms with van der Waals surface area (Å²) < 4.78 is 13.1. The molecule has 0 radical (unpaired) electrons. The average Bonchev–Trinajstić information content (AvgIpc) is 2.98. The Morgan fingerprint density at radius 1 is 0.762 bits per heavy atom. The molecule has 4 aromatic rings. The maximum absolute atomic E-state index is 12.2. The van der Waals surface area contributed by atoms with Crippen LogP contribution in [0.3, 0.4) is 0 Å². The van der Waals surface area contributed by atoms with Crippen LogP contribution in [0.25, 0.3) is 0 Å². The zero-order valence-electron chi connectivity index (χ0n) is 25.7. The molecule has 1 amide bonds. The Morgan fingerprint density at radius 3 is 1.79 bits per heavy atom. The van der Waals surface area contributed by atoms with Crippen LogP contribution < -0.4 is 20.4 Å². The van der Waals surface area contributed by atoms with Crippen molar-refractivity contribution in [2.75, 3.05) is 6.61 Å². The van der Waals surface area contributed by atoms with Crippen molar-refractivity contribution in [3.63, 3.8) is 0 Å². The molecular weight excluding hydrogens is 534 g/mol. The number of benzene rings is 4. The van der Waals surface area contributed by atoms with Crippen LogP contribution in [0.1, 0.15) is 52.2 Å². The van der Waals surface area contributed by atoms with Crippen molar-refractivity contribution in [2.24, 2.45) is 5.92 Å². The topological polar surface area (TPSA) is 47.6 Å². The van der Waals surface area contributed by atoms with Crippen molar-refractivity contribution < 1.29 is 14.0 Å². The van der Waals surface area contributed by atoms with E-state index in [1.165, 1.54) is 15.9 Å². The van der Waals surface area contributed by atoms with E-state index in [0.717, 1.165) is 24.2 Å². The minimum absolute atomic E-state index is 0.0105. The summed E-state index contributed by atoms with van der Waals surface area (Å²) in [4.78, 5) is 12.2. The number of amides is 1. The lowest BCUT2D eigenvalue weighted by Crippen LogP contribution is -2.66. The number of carbonyl (C=O) groups excluding carboxylic acids is 1. The highest BCUT2D eigenvalue weighted by molar-refractivity contribution is 6.99. The highest BCUT2D eigenvalue weighted by atomic mass is 28.4. The van der Waals surface area contributed by atoms with E-state index >= 15 is 0 Å². The van der Waals surface area contributed by atoms with Crippen molar-refractivity contribution in [2.45, 2.75) is 65.1 Å². The van der Waals surface area contributed by atoms with Gasteiger partial charge in [-0.05, 0) is 57.4 Å². The summed E-state index contributed by atoms with van der Waals surface area (Å²) in [5, 5.41) is 5.69. The van der Waals surface area contributed by atoms with Crippen LogP contribution in [-0.2, 0) is 22.2 Å². The summed E-state index contributed by atoms with van der Waals surface area (Å²) in [6, 6.07) is 39.9. The lowest BCUT2D eigenvalue weighted by atomic mass is 9.96. The van der Waals surface area contributed by atoms with Gasteiger partial charge in [-0.3, -0.25) is 4.79 Å². The first-order chi connectivity index (χ1) is 20.2. The second kappa shape index (κ2) is 14.5. The summed E-state index contributed by atoms with van der Waals surface area (Å²) in [6.45, 7) is 11.9. The molecule has 0 saturated heterocycles. The molecule has 5 heteroatoms. The van der Waals surface area contributed by atoms with Crippen molar-refractivity contribution in [3.05, 3.63) is 126 Å². The standard InChI is InChI=1S/C37H45NO3Si/c1-29(27-41-42(37(3,4)5,35-17-11-7-12-18-35)36-19-13-8-14-20-36)25-33(38-30(2)39)26-31-21-23-34(24-22-31)40-28-32-15-9-6-10-16-32/h6-24,29,33H,25-28H2,1-5H3,(H,38,39)/t29-,33-/m1/s1. The van der Waals surface area contributed by atoms with E-state index in [2.05, 4.69) is 118 Å². The highest BCUT2D eigenvalue weighted by Crippen LogP contribution is 2.37. The molecule has 0 unspecified atom stereocenters. The fourth-order valence-corrected chi connectivity index (χ4v) is 10.5. The highest BCUT2D eigenvalue weighted by Gasteiger charge is 2.50. The smallest absolute Gasteiger partial charge is 0.261 e. The van der Waals surface area contributed by atoms with E-state index in [1.807, 2.05) is 30.3 Å². The maximum atomic E-state index is 12.2. The van der Waals surface area contributed by atoms with Crippen LogP contribution in [0.4, 0.5) is 0 Å². The molecule has 42 heavy (non-hydrogen) atoms. The Bertz CT molecular complexity index is 1330. The predicted octanol–water partition coefficient (Wildman–Crippen LogP) is 6.92. The molecule has 0 aliphatic rings. The molecule has 0 aromatic heterocycles. The van der Waals surface area contributed by atoms with E-state index in [-0.39, 0.29) is 22.9 Å². The Kier molecular flexibility index (Phi) is 10.8. The number of hydrogen-bond acceptors (Lipinski definition) is 3. The number of rotatable bonds is 13. The molecule has 2 atom stereocenters. The van der Waals surface area contributed by atoms with Gasteiger partial charge in [0, 0.05) is 19.6 Å². The van der Waals surface area contributed by atoms with Crippen molar-refractivity contribution in [1.82, 2.24) is 5.32 Å². The molecule has 0 aliphatic carbocycles. The summed E-state index contributed by atoms with van der Waals surface area (Å²) in [5.41, 5.74) is 2.31. The van der Waals surface area contributed by atoms with Gasteiger partial charge in [0.25, 0.3) is 8.32 Å². The fraction of sp³-hybridized carbons (Fsp3) is 0.324. The monoisotopic (exact) mass is 579 g/mol. The molecule has 0 bridgehead atoms. The molecule has 4 aromatic carbocycles. The second-order valence-corrected chi connectivity index (χ2v) is 16.6. The van der Waals surface area contributed by atoms with Crippen LogP contribution in [0.15, 0.2) is 115 Å². The normalized spacial score (nSPS) is 13.3. The van der Waals surface area contributed by atoms with Crippen molar-refractivity contribution >= 4 is 24.6 Å². The van der Waals surface area contributed by atoms with E-state index in [0.29, 0.717) is 13.2 Å². The average molecular weight is 580 g/mol. The first-order valence-corrected chi connectivity index (χ1v) is 16.9. The quantitative estimate of drug-likeness (QED) is 0.175. The van der Waals surface area contributed by atoms with Gasteiger partial charge in [-0.15, -0.1) is 0 Å². The zero-order valence-corrected chi connectivity index (χ0v) is 26.7. The number of nitrogens with one attached hydrogen (secondary N) is 1. The number of hydrogen-bond donors (Lipinski definition) is 1. The van der Waals surface area contributed by atoms with Gasteiger partial charge >= 0.3 is 0 Å². The van der Waals surface area contributed by atoms with Gasteiger partial charge in [0.1, 0.15) is 12.4 Å². The van der Waals surface area contributed by atoms with Gasteiger partial charge in [-0.25, -0.2) is 0 Å².